The summed E-state index contributed by atoms with van der Waals surface area (Å²) in [6.45, 7) is 4.22. The lowest BCUT2D eigenvalue weighted by Gasteiger charge is -2.15. The van der Waals surface area contributed by atoms with E-state index in [0.717, 1.165) is 0 Å². The second kappa shape index (κ2) is 7.58. The average molecular weight is 406 g/mol. The number of halogens is 2. The number of imide groups is 1. The highest BCUT2D eigenvalue weighted by molar-refractivity contribution is 6.42. The van der Waals surface area contributed by atoms with Crippen LogP contribution in [0.3, 0.4) is 0 Å². The van der Waals surface area contributed by atoms with E-state index in [1.54, 1.807) is 24.3 Å². The molecule has 1 aliphatic heterocycles. The predicted molar refractivity (Wildman–Crippen MR) is 106 cm³/mol. The molecule has 140 valence electrons. The van der Waals surface area contributed by atoms with E-state index in [4.69, 9.17) is 23.2 Å². The zero-order valence-corrected chi connectivity index (χ0v) is 16.2. The molecule has 0 atom stereocenters. The Morgan fingerprint density at radius 2 is 1.52 bits per heavy atom. The maximum atomic E-state index is 12.5. The Bertz CT molecular complexity index is 944. The normalized spacial score (nSPS) is 13.1. The van der Waals surface area contributed by atoms with E-state index < -0.39 is 6.03 Å². The van der Waals surface area contributed by atoms with Crippen molar-refractivity contribution in [3.8, 4) is 0 Å². The largest absolute Gasteiger partial charge is 0.323 e. The summed E-state index contributed by atoms with van der Waals surface area (Å²) in [4.78, 5) is 38.3. The first-order valence-electron chi connectivity index (χ1n) is 8.29. The molecule has 0 saturated heterocycles. The van der Waals surface area contributed by atoms with Crippen LogP contribution in [0.4, 0.5) is 16.2 Å². The van der Waals surface area contributed by atoms with Crippen molar-refractivity contribution in [2.75, 3.05) is 17.2 Å². The van der Waals surface area contributed by atoms with Crippen molar-refractivity contribution >= 4 is 52.4 Å². The van der Waals surface area contributed by atoms with Crippen LogP contribution in [0.25, 0.3) is 0 Å². The summed E-state index contributed by atoms with van der Waals surface area (Å²) in [7, 11) is 0. The number of hydrogen-bond acceptors (Lipinski definition) is 3. The van der Waals surface area contributed by atoms with E-state index >= 15 is 0 Å². The average Bonchev–Trinajstić information content (AvgIpc) is 2.82. The van der Waals surface area contributed by atoms with Gasteiger partial charge in [-0.15, -0.1) is 0 Å². The fourth-order valence-corrected chi connectivity index (χ4v) is 3.06. The SMILES string of the molecule is CC(C)CN1C(=O)c2ccc(NC(=O)Nc3ccc(Cl)c(Cl)c3)cc2C1=O. The molecule has 8 heteroatoms. The van der Waals surface area contributed by atoms with Gasteiger partial charge in [0.1, 0.15) is 0 Å². The van der Waals surface area contributed by atoms with E-state index in [1.807, 2.05) is 13.8 Å². The third-order valence-corrected chi connectivity index (χ3v) is 4.69. The fraction of sp³-hybridized carbons (Fsp3) is 0.211. The van der Waals surface area contributed by atoms with Gasteiger partial charge in [-0.25, -0.2) is 4.79 Å². The minimum atomic E-state index is -0.510. The summed E-state index contributed by atoms with van der Waals surface area (Å²) < 4.78 is 0. The molecule has 0 aromatic heterocycles. The lowest BCUT2D eigenvalue weighted by molar-refractivity contribution is 0.0636. The second-order valence-electron chi connectivity index (χ2n) is 6.58. The number of carbonyl (C=O) groups is 3. The van der Waals surface area contributed by atoms with Gasteiger partial charge in [-0.05, 0) is 42.3 Å². The van der Waals surface area contributed by atoms with Crippen molar-refractivity contribution in [1.29, 1.82) is 0 Å². The molecule has 4 amide bonds. The van der Waals surface area contributed by atoms with Crippen molar-refractivity contribution < 1.29 is 14.4 Å². The van der Waals surface area contributed by atoms with Crippen LogP contribution in [0.5, 0.6) is 0 Å². The molecular formula is C19H17Cl2N3O3. The lowest BCUT2D eigenvalue weighted by atomic mass is 10.1. The Balaban J connectivity index is 1.74. The van der Waals surface area contributed by atoms with Crippen molar-refractivity contribution in [2.24, 2.45) is 5.92 Å². The maximum Gasteiger partial charge on any atom is 0.323 e. The van der Waals surface area contributed by atoms with Crippen LogP contribution in [0.15, 0.2) is 36.4 Å². The molecule has 2 aromatic rings. The number of rotatable bonds is 4. The van der Waals surface area contributed by atoms with E-state index in [2.05, 4.69) is 10.6 Å². The van der Waals surface area contributed by atoms with Crippen LogP contribution in [0, 0.1) is 5.92 Å². The van der Waals surface area contributed by atoms with Gasteiger partial charge >= 0.3 is 6.03 Å². The number of nitrogens with one attached hydrogen (secondary N) is 2. The molecule has 0 aliphatic carbocycles. The number of carbonyl (C=O) groups excluding carboxylic acids is 3. The molecule has 0 unspecified atom stereocenters. The smallest absolute Gasteiger partial charge is 0.308 e. The quantitative estimate of drug-likeness (QED) is 0.710. The summed E-state index contributed by atoms with van der Waals surface area (Å²) in [5.74, 6) is -0.491. The third kappa shape index (κ3) is 4.07. The van der Waals surface area contributed by atoms with Crippen molar-refractivity contribution in [2.45, 2.75) is 13.8 Å². The first kappa shape index (κ1) is 19.2. The van der Waals surface area contributed by atoms with Crippen molar-refractivity contribution in [3.63, 3.8) is 0 Å². The molecule has 0 saturated carbocycles. The predicted octanol–water partition coefficient (Wildman–Crippen LogP) is 4.89. The summed E-state index contributed by atoms with van der Waals surface area (Å²) in [5.41, 5.74) is 1.50. The summed E-state index contributed by atoms with van der Waals surface area (Å²) in [5, 5.41) is 5.97. The van der Waals surface area contributed by atoms with Gasteiger partial charge in [-0.3, -0.25) is 14.5 Å². The Morgan fingerprint density at radius 1 is 0.926 bits per heavy atom. The topological polar surface area (TPSA) is 78.5 Å². The van der Waals surface area contributed by atoms with E-state index in [0.29, 0.717) is 33.5 Å². The standard InChI is InChI=1S/C19H17Cl2N3O3/c1-10(2)9-24-17(25)13-5-3-11(7-14(13)18(24)26)22-19(27)23-12-4-6-15(20)16(21)8-12/h3-8,10H,9H2,1-2H3,(H2,22,23,27). The van der Waals surface area contributed by atoms with Gasteiger partial charge in [-0.1, -0.05) is 37.0 Å². The van der Waals surface area contributed by atoms with Crippen LogP contribution in [-0.4, -0.2) is 29.3 Å². The van der Waals surface area contributed by atoms with E-state index in [1.165, 1.54) is 17.0 Å². The Hall–Kier alpha value is -2.57. The fourth-order valence-electron chi connectivity index (χ4n) is 2.77. The number of anilines is 2. The number of nitrogens with zero attached hydrogens (tertiary/aromatic N) is 1. The number of benzene rings is 2. The first-order valence-corrected chi connectivity index (χ1v) is 9.05. The molecule has 0 bridgehead atoms. The van der Waals surface area contributed by atoms with E-state index in [-0.39, 0.29) is 23.3 Å². The van der Waals surface area contributed by atoms with Crippen molar-refractivity contribution in [3.05, 3.63) is 57.6 Å². The number of amides is 4. The van der Waals surface area contributed by atoms with Gasteiger partial charge in [-0.2, -0.15) is 0 Å². The molecule has 0 spiro atoms. The molecule has 1 aliphatic rings. The summed E-state index contributed by atoms with van der Waals surface area (Å²) >= 11 is 11.8. The zero-order valence-electron chi connectivity index (χ0n) is 14.7. The summed E-state index contributed by atoms with van der Waals surface area (Å²) in [6.07, 6.45) is 0. The van der Waals surface area contributed by atoms with Gasteiger partial charge < -0.3 is 10.6 Å². The van der Waals surface area contributed by atoms with Gasteiger partial charge in [0.15, 0.2) is 0 Å². The lowest BCUT2D eigenvalue weighted by Crippen LogP contribution is -2.33. The van der Waals surface area contributed by atoms with Crippen LogP contribution < -0.4 is 10.6 Å². The van der Waals surface area contributed by atoms with Gasteiger partial charge in [0.25, 0.3) is 11.8 Å². The molecular weight excluding hydrogens is 389 g/mol. The number of urea groups is 1. The van der Waals surface area contributed by atoms with Crippen LogP contribution in [0.1, 0.15) is 34.6 Å². The minimum absolute atomic E-state index is 0.168. The van der Waals surface area contributed by atoms with Gasteiger partial charge in [0.2, 0.25) is 0 Å². The maximum absolute atomic E-state index is 12.5. The summed E-state index contributed by atoms with van der Waals surface area (Å²) in [6, 6.07) is 8.83. The molecule has 2 aromatic carbocycles. The number of fused-ring (bicyclic) bond motifs is 1. The number of hydrogen-bond donors (Lipinski definition) is 2. The Kier molecular flexibility index (Phi) is 5.39. The monoisotopic (exact) mass is 405 g/mol. The minimum Gasteiger partial charge on any atom is -0.308 e. The zero-order chi connectivity index (χ0) is 19.7. The molecule has 27 heavy (non-hydrogen) atoms. The molecule has 3 rings (SSSR count). The Labute approximate surface area is 166 Å². The molecule has 2 N–H and O–H groups in total. The van der Waals surface area contributed by atoms with Gasteiger partial charge in [0.05, 0.1) is 21.2 Å². The molecule has 0 radical (unpaired) electrons. The first-order chi connectivity index (χ1) is 12.8. The van der Waals surface area contributed by atoms with Crippen molar-refractivity contribution in [1.82, 2.24) is 4.90 Å². The van der Waals surface area contributed by atoms with E-state index in [9.17, 15) is 14.4 Å². The van der Waals surface area contributed by atoms with Gasteiger partial charge in [0, 0.05) is 17.9 Å². The molecule has 1 heterocycles. The highest BCUT2D eigenvalue weighted by atomic mass is 35.5. The second-order valence-corrected chi connectivity index (χ2v) is 7.40. The third-order valence-electron chi connectivity index (χ3n) is 3.95. The van der Waals surface area contributed by atoms with Crippen LogP contribution >= 0.6 is 23.2 Å². The van der Waals surface area contributed by atoms with Crippen LogP contribution in [0.2, 0.25) is 10.0 Å². The Morgan fingerprint density at radius 3 is 2.15 bits per heavy atom. The highest BCUT2D eigenvalue weighted by Crippen LogP contribution is 2.27. The molecule has 0 fully saturated rings. The molecule has 6 nitrogen and oxygen atoms in total. The highest BCUT2D eigenvalue weighted by Gasteiger charge is 2.35. The van der Waals surface area contributed by atoms with Crippen LogP contribution in [-0.2, 0) is 0 Å².